The molecule has 0 saturated heterocycles. The maximum atomic E-state index is 13.9. The van der Waals surface area contributed by atoms with Crippen molar-refractivity contribution in [3.05, 3.63) is 29.6 Å². The van der Waals surface area contributed by atoms with Gasteiger partial charge in [0.2, 0.25) is 0 Å². The van der Waals surface area contributed by atoms with Crippen molar-refractivity contribution in [2.45, 2.75) is 38.5 Å². The molecule has 4 heteroatoms. The molecule has 2 rings (SSSR count). The maximum Gasteiger partial charge on any atom is 0.304 e. The summed E-state index contributed by atoms with van der Waals surface area (Å²) < 4.78 is 19.5. The van der Waals surface area contributed by atoms with Gasteiger partial charge in [-0.1, -0.05) is 26.0 Å². The standard InChI is InChI=1S/C15H19FO3/c1-15(2,8-13(17)18)11-4-3-5-12(16)14(11)19-9-10-6-7-10/h3-5,10H,6-9H2,1-2H3,(H,17,18). The van der Waals surface area contributed by atoms with Crippen LogP contribution in [0.4, 0.5) is 4.39 Å². The summed E-state index contributed by atoms with van der Waals surface area (Å²) in [5.74, 6) is -0.588. The van der Waals surface area contributed by atoms with Gasteiger partial charge in [0.15, 0.2) is 11.6 Å². The topological polar surface area (TPSA) is 46.5 Å². The molecule has 1 N–H and O–H groups in total. The van der Waals surface area contributed by atoms with Crippen LogP contribution in [-0.4, -0.2) is 17.7 Å². The molecule has 19 heavy (non-hydrogen) atoms. The molecule has 1 aromatic carbocycles. The average molecular weight is 266 g/mol. The SMILES string of the molecule is CC(C)(CC(=O)O)c1cccc(F)c1OCC1CC1. The Balaban J connectivity index is 2.26. The third-order valence-corrected chi connectivity index (χ3v) is 3.45. The second kappa shape index (κ2) is 5.19. The second-order valence-corrected chi connectivity index (χ2v) is 5.83. The first kappa shape index (κ1) is 13.8. The quantitative estimate of drug-likeness (QED) is 0.858. The van der Waals surface area contributed by atoms with Crippen LogP contribution in [0.2, 0.25) is 0 Å². The van der Waals surface area contributed by atoms with Gasteiger partial charge >= 0.3 is 5.97 Å². The van der Waals surface area contributed by atoms with Crippen LogP contribution in [0.3, 0.4) is 0 Å². The summed E-state index contributed by atoms with van der Waals surface area (Å²) >= 11 is 0. The largest absolute Gasteiger partial charge is 0.490 e. The van der Waals surface area contributed by atoms with Gasteiger partial charge in [0.25, 0.3) is 0 Å². The number of ether oxygens (including phenoxy) is 1. The summed E-state index contributed by atoms with van der Waals surface area (Å²) in [4.78, 5) is 10.9. The Hall–Kier alpha value is -1.58. The molecule has 1 fully saturated rings. The van der Waals surface area contributed by atoms with E-state index in [0.717, 1.165) is 12.8 Å². The molecule has 1 aliphatic rings. The first-order chi connectivity index (χ1) is 8.90. The van der Waals surface area contributed by atoms with E-state index >= 15 is 0 Å². The van der Waals surface area contributed by atoms with Crippen LogP contribution in [0.25, 0.3) is 0 Å². The van der Waals surface area contributed by atoms with Crippen molar-refractivity contribution in [1.82, 2.24) is 0 Å². The first-order valence-electron chi connectivity index (χ1n) is 6.54. The summed E-state index contributed by atoms with van der Waals surface area (Å²) in [6, 6.07) is 4.69. The van der Waals surface area contributed by atoms with Gasteiger partial charge in [-0.15, -0.1) is 0 Å². The van der Waals surface area contributed by atoms with E-state index in [9.17, 15) is 9.18 Å². The third kappa shape index (κ3) is 3.46. The summed E-state index contributed by atoms with van der Waals surface area (Å²) in [6.07, 6.45) is 2.20. The summed E-state index contributed by atoms with van der Waals surface area (Å²) in [7, 11) is 0. The van der Waals surface area contributed by atoms with Gasteiger partial charge in [0.1, 0.15) is 0 Å². The van der Waals surface area contributed by atoms with Crippen molar-refractivity contribution in [2.24, 2.45) is 5.92 Å². The Labute approximate surface area is 112 Å². The minimum absolute atomic E-state index is 0.0593. The lowest BCUT2D eigenvalue weighted by Crippen LogP contribution is -2.23. The first-order valence-corrected chi connectivity index (χ1v) is 6.54. The fourth-order valence-electron chi connectivity index (χ4n) is 2.15. The van der Waals surface area contributed by atoms with Crippen molar-refractivity contribution in [1.29, 1.82) is 0 Å². The van der Waals surface area contributed by atoms with Crippen molar-refractivity contribution in [3.8, 4) is 5.75 Å². The molecule has 0 heterocycles. The highest BCUT2D eigenvalue weighted by atomic mass is 19.1. The van der Waals surface area contributed by atoms with Gasteiger partial charge in [0, 0.05) is 11.0 Å². The van der Waals surface area contributed by atoms with Crippen LogP contribution in [0, 0.1) is 11.7 Å². The van der Waals surface area contributed by atoms with E-state index in [4.69, 9.17) is 9.84 Å². The van der Waals surface area contributed by atoms with E-state index in [1.807, 2.05) is 0 Å². The van der Waals surface area contributed by atoms with Crippen molar-refractivity contribution in [3.63, 3.8) is 0 Å². The van der Waals surface area contributed by atoms with Gasteiger partial charge < -0.3 is 9.84 Å². The molecule has 1 saturated carbocycles. The maximum absolute atomic E-state index is 13.9. The van der Waals surface area contributed by atoms with Crippen molar-refractivity contribution < 1.29 is 19.0 Å². The van der Waals surface area contributed by atoms with E-state index < -0.39 is 17.2 Å². The molecular weight excluding hydrogens is 247 g/mol. The van der Waals surface area contributed by atoms with Gasteiger partial charge in [0.05, 0.1) is 13.0 Å². The van der Waals surface area contributed by atoms with Crippen LogP contribution in [0.1, 0.15) is 38.7 Å². The van der Waals surface area contributed by atoms with Crippen molar-refractivity contribution in [2.75, 3.05) is 6.61 Å². The molecule has 0 bridgehead atoms. The number of hydrogen-bond donors (Lipinski definition) is 1. The Morgan fingerprint density at radius 1 is 1.47 bits per heavy atom. The van der Waals surface area contributed by atoms with Gasteiger partial charge in [-0.2, -0.15) is 0 Å². The Bertz CT molecular complexity index is 478. The molecule has 0 amide bonds. The van der Waals surface area contributed by atoms with Crippen LogP contribution in [0.15, 0.2) is 18.2 Å². The van der Waals surface area contributed by atoms with Crippen LogP contribution in [0.5, 0.6) is 5.75 Å². The zero-order valence-corrected chi connectivity index (χ0v) is 11.3. The number of rotatable bonds is 6. The summed E-state index contributed by atoms with van der Waals surface area (Å²) in [6.45, 7) is 4.09. The van der Waals surface area contributed by atoms with Crippen molar-refractivity contribution >= 4 is 5.97 Å². The van der Waals surface area contributed by atoms with E-state index in [-0.39, 0.29) is 12.2 Å². The molecular formula is C15H19FO3. The number of carboxylic acids is 1. The second-order valence-electron chi connectivity index (χ2n) is 5.83. The molecule has 3 nitrogen and oxygen atoms in total. The fourth-order valence-corrected chi connectivity index (χ4v) is 2.15. The average Bonchev–Trinajstić information content (AvgIpc) is 3.09. The number of halogens is 1. The predicted molar refractivity (Wildman–Crippen MR) is 69.9 cm³/mol. The smallest absolute Gasteiger partial charge is 0.304 e. The van der Waals surface area contributed by atoms with Gasteiger partial charge in [-0.05, 0) is 24.8 Å². The number of carbonyl (C=O) groups is 1. The predicted octanol–water partition coefficient (Wildman–Crippen LogP) is 3.37. The van der Waals surface area contributed by atoms with Crippen LogP contribution >= 0.6 is 0 Å². The Morgan fingerprint density at radius 3 is 2.74 bits per heavy atom. The zero-order chi connectivity index (χ0) is 14.0. The van der Waals surface area contributed by atoms with E-state index in [0.29, 0.717) is 18.1 Å². The Kier molecular flexibility index (Phi) is 3.78. The molecule has 0 aromatic heterocycles. The molecule has 0 atom stereocenters. The lowest BCUT2D eigenvalue weighted by Gasteiger charge is -2.26. The van der Waals surface area contributed by atoms with E-state index in [1.165, 1.54) is 6.07 Å². The molecule has 0 radical (unpaired) electrons. The lowest BCUT2D eigenvalue weighted by molar-refractivity contribution is -0.138. The number of carboxylic acid groups (broad SMARTS) is 1. The zero-order valence-electron chi connectivity index (χ0n) is 11.3. The molecule has 0 unspecified atom stereocenters. The highest BCUT2D eigenvalue weighted by Gasteiger charge is 2.30. The molecule has 1 aliphatic carbocycles. The number of benzene rings is 1. The third-order valence-electron chi connectivity index (χ3n) is 3.45. The number of aliphatic carboxylic acids is 1. The molecule has 104 valence electrons. The summed E-state index contributed by atoms with van der Waals surface area (Å²) in [5.41, 5.74) is -0.0390. The molecule has 0 aliphatic heterocycles. The highest BCUT2D eigenvalue weighted by molar-refractivity contribution is 5.69. The molecule has 1 aromatic rings. The van der Waals surface area contributed by atoms with Gasteiger partial charge in [-0.3, -0.25) is 4.79 Å². The van der Waals surface area contributed by atoms with Crippen LogP contribution < -0.4 is 4.74 Å². The van der Waals surface area contributed by atoms with Gasteiger partial charge in [-0.25, -0.2) is 4.39 Å². The van der Waals surface area contributed by atoms with E-state index in [2.05, 4.69) is 0 Å². The fraction of sp³-hybridized carbons (Fsp3) is 0.533. The monoisotopic (exact) mass is 266 g/mol. The highest BCUT2D eigenvalue weighted by Crippen LogP contribution is 2.37. The number of para-hydroxylation sites is 1. The Morgan fingerprint density at radius 2 is 2.16 bits per heavy atom. The summed E-state index contributed by atoms with van der Waals surface area (Å²) in [5, 5.41) is 8.96. The normalized spacial score (nSPS) is 15.3. The lowest BCUT2D eigenvalue weighted by atomic mass is 9.81. The van der Waals surface area contributed by atoms with E-state index in [1.54, 1.807) is 26.0 Å². The minimum Gasteiger partial charge on any atom is -0.490 e. The number of hydrogen-bond acceptors (Lipinski definition) is 2. The van der Waals surface area contributed by atoms with Crippen LogP contribution in [-0.2, 0) is 10.2 Å². The molecule has 0 spiro atoms. The minimum atomic E-state index is -0.901.